The Labute approximate surface area is 113 Å². The van der Waals surface area contributed by atoms with E-state index in [9.17, 15) is 0 Å². The summed E-state index contributed by atoms with van der Waals surface area (Å²) in [5.41, 5.74) is 1.06. The van der Waals surface area contributed by atoms with Crippen LogP contribution >= 0.6 is 23.4 Å². The van der Waals surface area contributed by atoms with Crippen LogP contribution in [0.25, 0.3) is 0 Å². The van der Waals surface area contributed by atoms with Gasteiger partial charge in [-0.2, -0.15) is 11.8 Å². The molecule has 1 N–H and O–H groups in total. The molecule has 0 fully saturated rings. The Morgan fingerprint density at radius 2 is 2.24 bits per heavy atom. The highest BCUT2D eigenvalue weighted by molar-refractivity contribution is 7.98. The Balaban J connectivity index is 2.44. The highest BCUT2D eigenvalue weighted by Crippen LogP contribution is 2.27. The van der Waals surface area contributed by atoms with Gasteiger partial charge in [-0.25, -0.2) is 0 Å². The first-order valence-corrected chi connectivity index (χ1v) is 7.70. The molecule has 4 heteroatoms. The van der Waals surface area contributed by atoms with Gasteiger partial charge in [0.2, 0.25) is 0 Å². The number of hydrogen-bond acceptors (Lipinski definition) is 3. The monoisotopic (exact) mass is 273 g/mol. The molecule has 0 aliphatic heterocycles. The summed E-state index contributed by atoms with van der Waals surface area (Å²) in [6.45, 7) is 3.77. The van der Waals surface area contributed by atoms with E-state index in [4.69, 9.17) is 16.3 Å². The van der Waals surface area contributed by atoms with Gasteiger partial charge in [0.25, 0.3) is 0 Å². The van der Waals surface area contributed by atoms with Crippen molar-refractivity contribution in [1.29, 1.82) is 0 Å². The molecule has 0 bridgehead atoms. The zero-order valence-electron chi connectivity index (χ0n) is 10.5. The van der Waals surface area contributed by atoms with Gasteiger partial charge in [-0.05, 0) is 43.0 Å². The van der Waals surface area contributed by atoms with Crippen LogP contribution in [0.5, 0.6) is 5.75 Å². The van der Waals surface area contributed by atoms with Crippen molar-refractivity contribution >= 4 is 29.1 Å². The van der Waals surface area contributed by atoms with Crippen molar-refractivity contribution in [3.8, 4) is 5.75 Å². The van der Waals surface area contributed by atoms with Crippen LogP contribution in [0.2, 0.25) is 5.02 Å². The lowest BCUT2D eigenvalue weighted by Gasteiger charge is -2.10. The van der Waals surface area contributed by atoms with Crippen LogP contribution in [0, 0.1) is 0 Å². The Bertz CT molecular complexity index is 333. The lowest BCUT2D eigenvalue weighted by molar-refractivity contribution is 0.317. The number of thioether (sulfide) groups is 1. The predicted octanol–water partition coefficient (Wildman–Crippen LogP) is 4.29. The summed E-state index contributed by atoms with van der Waals surface area (Å²) in [5, 5.41) is 4.02. The maximum absolute atomic E-state index is 6.14. The molecule has 1 aromatic rings. The molecule has 0 atom stereocenters. The molecule has 96 valence electrons. The number of ether oxygens (including phenoxy) is 1. The largest absolute Gasteiger partial charge is 0.492 e. The molecular weight excluding hydrogens is 254 g/mol. The standard InChI is InChI=1S/C13H20ClNOS/c1-3-8-16-13-6-5-11(10-12(13)14)15-7-4-9-17-2/h5-6,10,15H,3-4,7-9H2,1-2H3. The first-order valence-electron chi connectivity index (χ1n) is 5.93. The molecule has 0 amide bonds. The van der Waals surface area contributed by atoms with E-state index in [1.165, 1.54) is 5.75 Å². The number of nitrogens with one attached hydrogen (secondary N) is 1. The first-order chi connectivity index (χ1) is 8.27. The normalized spacial score (nSPS) is 10.3. The van der Waals surface area contributed by atoms with Gasteiger partial charge in [-0.1, -0.05) is 18.5 Å². The van der Waals surface area contributed by atoms with Gasteiger partial charge in [0.15, 0.2) is 0 Å². The van der Waals surface area contributed by atoms with Gasteiger partial charge in [0, 0.05) is 12.2 Å². The third-order valence-electron chi connectivity index (χ3n) is 2.25. The zero-order chi connectivity index (χ0) is 12.5. The summed E-state index contributed by atoms with van der Waals surface area (Å²) in [6.07, 6.45) is 4.27. The number of anilines is 1. The molecule has 0 saturated heterocycles. The molecule has 0 radical (unpaired) electrons. The van der Waals surface area contributed by atoms with Gasteiger partial charge in [0.05, 0.1) is 11.6 Å². The molecule has 0 spiro atoms. The van der Waals surface area contributed by atoms with Crippen molar-refractivity contribution in [3.63, 3.8) is 0 Å². The third-order valence-corrected chi connectivity index (χ3v) is 3.24. The fraction of sp³-hybridized carbons (Fsp3) is 0.538. The third kappa shape index (κ3) is 5.55. The number of benzene rings is 1. The molecule has 0 aromatic heterocycles. The lowest BCUT2D eigenvalue weighted by Crippen LogP contribution is -2.03. The zero-order valence-corrected chi connectivity index (χ0v) is 12.0. The van der Waals surface area contributed by atoms with Crippen LogP contribution in [0.1, 0.15) is 19.8 Å². The quantitative estimate of drug-likeness (QED) is 0.714. The predicted molar refractivity (Wildman–Crippen MR) is 78.7 cm³/mol. The van der Waals surface area contributed by atoms with E-state index >= 15 is 0 Å². The average molecular weight is 274 g/mol. The van der Waals surface area contributed by atoms with E-state index < -0.39 is 0 Å². The summed E-state index contributed by atoms with van der Waals surface area (Å²) in [4.78, 5) is 0. The fourth-order valence-corrected chi connectivity index (χ4v) is 2.06. The summed E-state index contributed by atoms with van der Waals surface area (Å²) in [7, 11) is 0. The van der Waals surface area contributed by atoms with Crippen LogP contribution in [0.4, 0.5) is 5.69 Å². The Morgan fingerprint density at radius 3 is 2.88 bits per heavy atom. The second-order valence-electron chi connectivity index (χ2n) is 3.77. The Hall–Kier alpha value is -0.540. The van der Waals surface area contributed by atoms with Crippen LogP contribution in [0.15, 0.2) is 18.2 Å². The lowest BCUT2D eigenvalue weighted by atomic mass is 10.3. The molecule has 0 saturated carbocycles. The Morgan fingerprint density at radius 1 is 1.41 bits per heavy atom. The summed E-state index contributed by atoms with van der Waals surface area (Å²) in [5.74, 6) is 1.95. The van der Waals surface area contributed by atoms with E-state index in [0.717, 1.165) is 30.8 Å². The van der Waals surface area contributed by atoms with E-state index in [1.807, 2.05) is 30.0 Å². The smallest absolute Gasteiger partial charge is 0.138 e. The van der Waals surface area contributed by atoms with Gasteiger partial charge in [-0.15, -0.1) is 0 Å². The summed E-state index contributed by atoms with van der Waals surface area (Å²) >= 11 is 8.00. The average Bonchev–Trinajstić information content (AvgIpc) is 2.34. The minimum absolute atomic E-state index is 0.674. The van der Waals surface area contributed by atoms with E-state index in [2.05, 4.69) is 18.5 Å². The van der Waals surface area contributed by atoms with E-state index in [-0.39, 0.29) is 0 Å². The van der Waals surface area contributed by atoms with E-state index in [0.29, 0.717) is 11.6 Å². The molecule has 1 aromatic carbocycles. The fourth-order valence-electron chi connectivity index (χ4n) is 1.39. The van der Waals surface area contributed by atoms with Gasteiger partial charge < -0.3 is 10.1 Å². The maximum atomic E-state index is 6.14. The van der Waals surface area contributed by atoms with Crippen molar-refractivity contribution in [2.75, 3.05) is 30.5 Å². The van der Waals surface area contributed by atoms with Crippen molar-refractivity contribution in [3.05, 3.63) is 23.2 Å². The molecule has 0 heterocycles. The molecule has 1 rings (SSSR count). The second kappa shape index (κ2) is 8.54. The number of rotatable bonds is 8. The van der Waals surface area contributed by atoms with Gasteiger partial charge in [0.1, 0.15) is 5.75 Å². The van der Waals surface area contributed by atoms with E-state index in [1.54, 1.807) is 0 Å². The molecular formula is C13H20ClNOS. The van der Waals surface area contributed by atoms with Crippen molar-refractivity contribution in [2.45, 2.75) is 19.8 Å². The number of halogens is 1. The van der Waals surface area contributed by atoms with Gasteiger partial charge >= 0.3 is 0 Å². The topological polar surface area (TPSA) is 21.3 Å². The number of hydrogen-bond donors (Lipinski definition) is 1. The van der Waals surface area contributed by atoms with Crippen LogP contribution < -0.4 is 10.1 Å². The molecule has 2 nitrogen and oxygen atoms in total. The highest BCUT2D eigenvalue weighted by Gasteiger charge is 2.02. The maximum Gasteiger partial charge on any atom is 0.138 e. The van der Waals surface area contributed by atoms with Gasteiger partial charge in [-0.3, -0.25) is 0 Å². The van der Waals surface area contributed by atoms with Crippen molar-refractivity contribution in [2.24, 2.45) is 0 Å². The Kier molecular flexibility index (Phi) is 7.29. The minimum Gasteiger partial charge on any atom is -0.492 e. The summed E-state index contributed by atoms with van der Waals surface area (Å²) < 4.78 is 5.52. The van der Waals surface area contributed by atoms with Crippen molar-refractivity contribution in [1.82, 2.24) is 0 Å². The second-order valence-corrected chi connectivity index (χ2v) is 5.16. The van der Waals surface area contributed by atoms with Crippen LogP contribution in [0.3, 0.4) is 0 Å². The molecule has 0 unspecified atom stereocenters. The van der Waals surface area contributed by atoms with Crippen molar-refractivity contribution < 1.29 is 4.74 Å². The van der Waals surface area contributed by atoms with Crippen LogP contribution in [-0.2, 0) is 0 Å². The minimum atomic E-state index is 0.674. The molecule has 0 aliphatic carbocycles. The van der Waals surface area contributed by atoms with Crippen LogP contribution in [-0.4, -0.2) is 25.2 Å². The summed E-state index contributed by atoms with van der Waals surface area (Å²) in [6, 6.07) is 5.86. The highest BCUT2D eigenvalue weighted by atomic mass is 35.5. The first kappa shape index (κ1) is 14.5. The SMILES string of the molecule is CCCOc1ccc(NCCCSC)cc1Cl. The molecule has 0 aliphatic rings. The molecule has 17 heavy (non-hydrogen) atoms.